The molecule has 0 aromatic carbocycles. The van der Waals surface area contributed by atoms with Gasteiger partial charge in [-0.1, -0.05) is 13.8 Å². The fourth-order valence-corrected chi connectivity index (χ4v) is 1.93. The summed E-state index contributed by atoms with van der Waals surface area (Å²) in [5.74, 6) is -4.59. The molecule has 0 spiro atoms. The number of hydrogen-bond acceptors (Lipinski definition) is 4. The number of hydrogen-bond donors (Lipinski definition) is 0. The van der Waals surface area contributed by atoms with Crippen LogP contribution in [0.3, 0.4) is 0 Å². The van der Waals surface area contributed by atoms with Crippen molar-refractivity contribution >= 4 is 11.9 Å². The molecule has 96 valence electrons. The first-order valence-electron chi connectivity index (χ1n) is 5.47. The summed E-state index contributed by atoms with van der Waals surface area (Å²) >= 11 is 0. The van der Waals surface area contributed by atoms with Crippen molar-refractivity contribution in [2.75, 3.05) is 0 Å². The lowest BCUT2D eigenvalue weighted by Crippen LogP contribution is -2.26. The van der Waals surface area contributed by atoms with Crippen LogP contribution in [0.4, 0.5) is 4.39 Å². The Morgan fingerprint density at radius 1 is 1.41 bits per heavy atom. The first kappa shape index (κ1) is 13.7. The molecule has 4 nitrogen and oxygen atoms in total. The van der Waals surface area contributed by atoms with E-state index in [1.54, 1.807) is 27.7 Å². The molecular formula is C12H16FO4-. The minimum atomic E-state index is -1.22. The van der Waals surface area contributed by atoms with Crippen LogP contribution in [0, 0.1) is 17.3 Å². The van der Waals surface area contributed by atoms with Gasteiger partial charge in [0.05, 0.1) is 6.10 Å². The molecule has 1 fully saturated rings. The Hall–Kier alpha value is -1.39. The molecule has 1 aliphatic rings. The molecular weight excluding hydrogens is 227 g/mol. The van der Waals surface area contributed by atoms with Crippen molar-refractivity contribution in [1.29, 1.82) is 0 Å². The van der Waals surface area contributed by atoms with Crippen LogP contribution in [0.15, 0.2) is 11.9 Å². The topological polar surface area (TPSA) is 66.4 Å². The first-order valence-corrected chi connectivity index (χ1v) is 5.47. The number of carboxylic acid groups (broad SMARTS) is 1. The van der Waals surface area contributed by atoms with E-state index >= 15 is 0 Å². The largest absolute Gasteiger partial charge is 0.550 e. The summed E-state index contributed by atoms with van der Waals surface area (Å²) in [6.07, 6.45) is 0.608. The average molecular weight is 243 g/mol. The van der Waals surface area contributed by atoms with Crippen molar-refractivity contribution in [2.45, 2.75) is 33.8 Å². The Morgan fingerprint density at radius 2 is 1.94 bits per heavy atom. The van der Waals surface area contributed by atoms with Gasteiger partial charge in [-0.05, 0) is 31.3 Å². The predicted molar refractivity (Wildman–Crippen MR) is 56.2 cm³/mol. The summed E-state index contributed by atoms with van der Waals surface area (Å²) < 4.78 is 18.1. The van der Waals surface area contributed by atoms with E-state index in [0.717, 1.165) is 6.08 Å². The molecule has 1 saturated carbocycles. The van der Waals surface area contributed by atoms with E-state index in [9.17, 15) is 19.1 Å². The van der Waals surface area contributed by atoms with E-state index in [1.807, 2.05) is 0 Å². The zero-order valence-electron chi connectivity index (χ0n) is 10.3. The van der Waals surface area contributed by atoms with Gasteiger partial charge in [0.2, 0.25) is 5.83 Å². The lowest BCUT2D eigenvalue weighted by molar-refractivity contribution is -0.309. The predicted octanol–water partition coefficient (Wildman–Crippen LogP) is 0.813. The third-order valence-corrected chi connectivity index (χ3v) is 3.03. The van der Waals surface area contributed by atoms with Crippen LogP contribution in [-0.2, 0) is 14.3 Å². The maximum atomic E-state index is 13.4. The van der Waals surface area contributed by atoms with E-state index in [2.05, 4.69) is 4.74 Å². The third-order valence-electron chi connectivity index (χ3n) is 3.03. The normalized spacial score (nSPS) is 26.8. The Bertz CT molecular complexity index is 371. The molecule has 1 aliphatic carbocycles. The minimum Gasteiger partial charge on any atom is -0.550 e. The lowest BCUT2D eigenvalue weighted by Gasteiger charge is -2.05. The summed E-state index contributed by atoms with van der Waals surface area (Å²) in [6, 6.07) is 0. The standard InChI is InChI=1S/C12H17FO4/c1-6(2)17-11(16)8(13)5-7-9(10(14)15)12(7,3)4/h5-7,9H,1-4H3,(H,14,15)/p-1/b8-5+. The van der Waals surface area contributed by atoms with E-state index in [-0.39, 0.29) is 0 Å². The van der Waals surface area contributed by atoms with Crippen molar-refractivity contribution in [2.24, 2.45) is 17.3 Å². The van der Waals surface area contributed by atoms with E-state index in [0.29, 0.717) is 0 Å². The lowest BCUT2D eigenvalue weighted by atomic mass is 10.1. The molecule has 0 aromatic rings. The third kappa shape index (κ3) is 2.84. The summed E-state index contributed by atoms with van der Waals surface area (Å²) in [7, 11) is 0. The molecule has 1 rings (SSSR count). The van der Waals surface area contributed by atoms with Gasteiger partial charge in [0.1, 0.15) is 0 Å². The summed E-state index contributed by atoms with van der Waals surface area (Å²) in [5.41, 5.74) is -0.575. The monoisotopic (exact) mass is 243 g/mol. The molecule has 2 atom stereocenters. The van der Waals surface area contributed by atoms with Crippen LogP contribution in [0.25, 0.3) is 0 Å². The van der Waals surface area contributed by atoms with Crippen LogP contribution >= 0.6 is 0 Å². The van der Waals surface area contributed by atoms with E-state index < -0.39 is 41.1 Å². The number of allylic oxidation sites excluding steroid dienone is 1. The first-order chi connectivity index (χ1) is 7.67. The van der Waals surface area contributed by atoms with Gasteiger partial charge in [-0.3, -0.25) is 0 Å². The molecule has 0 aliphatic heterocycles. The van der Waals surface area contributed by atoms with Crippen LogP contribution in [-0.4, -0.2) is 18.0 Å². The molecule has 0 heterocycles. The highest BCUT2D eigenvalue weighted by Crippen LogP contribution is 2.59. The van der Waals surface area contributed by atoms with E-state index in [4.69, 9.17) is 0 Å². The number of aliphatic carboxylic acids is 1. The van der Waals surface area contributed by atoms with Crippen molar-refractivity contribution in [3.8, 4) is 0 Å². The average Bonchev–Trinajstić information content (AvgIpc) is 2.66. The highest BCUT2D eigenvalue weighted by Gasteiger charge is 2.57. The summed E-state index contributed by atoms with van der Waals surface area (Å²) in [5, 5.41) is 10.7. The van der Waals surface area contributed by atoms with Crippen LogP contribution in [0.1, 0.15) is 27.7 Å². The van der Waals surface area contributed by atoms with Crippen molar-refractivity contribution in [3.63, 3.8) is 0 Å². The SMILES string of the molecule is CC(C)OC(=O)/C(F)=C\C1C(C(=O)[O-])C1(C)C. The molecule has 0 bridgehead atoms. The second kappa shape index (κ2) is 4.47. The molecule has 2 unspecified atom stereocenters. The van der Waals surface area contributed by atoms with Crippen molar-refractivity contribution in [1.82, 2.24) is 0 Å². The van der Waals surface area contributed by atoms with Crippen molar-refractivity contribution in [3.05, 3.63) is 11.9 Å². The van der Waals surface area contributed by atoms with Gasteiger partial charge in [0.15, 0.2) is 0 Å². The van der Waals surface area contributed by atoms with Gasteiger partial charge in [-0.15, -0.1) is 0 Å². The van der Waals surface area contributed by atoms with Crippen LogP contribution in [0.5, 0.6) is 0 Å². The molecule has 0 N–H and O–H groups in total. The smallest absolute Gasteiger partial charge is 0.367 e. The molecule has 0 aromatic heterocycles. The van der Waals surface area contributed by atoms with Crippen LogP contribution in [0.2, 0.25) is 0 Å². The number of carboxylic acids is 1. The molecule has 0 saturated heterocycles. The van der Waals surface area contributed by atoms with Gasteiger partial charge in [0.25, 0.3) is 0 Å². The van der Waals surface area contributed by atoms with Gasteiger partial charge in [-0.2, -0.15) is 4.39 Å². The Balaban J connectivity index is 2.71. The van der Waals surface area contributed by atoms with E-state index in [1.165, 1.54) is 0 Å². The summed E-state index contributed by atoms with van der Waals surface area (Å²) in [4.78, 5) is 21.9. The number of halogens is 1. The fourth-order valence-electron chi connectivity index (χ4n) is 1.93. The highest BCUT2D eigenvalue weighted by molar-refractivity contribution is 5.86. The summed E-state index contributed by atoms with van der Waals surface area (Å²) in [6.45, 7) is 6.60. The van der Waals surface area contributed by atoms with Gasteiger partial charge in [-0.25, -0.2) is 4.79 Å². The Kier molecular flexibility index (Phi) is 3.59. The fraction of sp³-hybridized carbons (Fsp3) is 0.667. The maximum absolute atomic E-state index is 13.4. The number of carbonyl (C=O) groups excluding carboxylic acids is 2. The second-order valence-corrected chi connectivity index (χ2v) is 5.11. The zero-order valence-corrected chi connectivity index (χ0v) is 10.3. The zero-order chi connectivity index (χ0) is 13.4. The minimum absolute atomic E-state index is 0.411. The maximum Gasteiger partial charge on any atom is 0.367 e. The number of carbonyl (C=O) groups is 2. The van der Waals surface area contributed by atoms with Crippen molar-refractivity contribution < 1.29 is 23.8 Å². The molecule has 5 heteroatoms. The number of esters is 1. The number of ether oxygens (including phenoxy) is 1. The highest BCUT2D eigenvalue weighted by atomic mass is 19.1. The molecule has 0 amide bonds. The Labute approximate surface area is 99.5 Å². The molecule has 17 heavy (non-hydrogen) atoms. The quantitative estimate of drug-likeness (QED) is 0.541. The van der Waals surface area contributed by atoms with Gasteiger partial charge in [0, 0.05) is 11.9 Å². The second-order valence-electron chi connectivity index (χ2n) is 5.11. The van der Waals surface area contributed by atoms with Gasteiger partial charge >= 0.3 is 5.97 Å². The molecule has 0 radical (unpaired) electrons. The van der Waals surface area contributed by atoms with Gasteiger partial charge < -0.3 is 14.6 Å². The van der Waals surface area contributed by atoms with Crippen LogP contribution < -0.4 is 5.11 Å². The number of rotatable bonds is 4. The Morgan fingerprint density at radius 3 is 2.29 bits per heavy atom.